The first-order valence-corrected chi connectivity index (χ1v) is 13.8. The number of halogens is 4. The van der Waals surface area contributed by atoms with Gasteiger partial charge in [-0.3, -0.25) is 14.2 Å². The molecule has 2 aliphatic rings. The van der Waals surface area contributed by atoms with Gasteiger partial charge in [-0.2, -0.15) is 13.2 Å². The molecule has 0 unspecified atom stereocenters. The van der Waals surface area contributed by atoms with E-state index in [0.717, 1.165) is 36.4 Å². The van der Waals surface area contributed by atoms with Gasteiger partial charge in [0.2, 0.25) is 5.91 Å². The molecule has 5 rings (SSSR count). The molecule has 1 atom stereocenters. The first-order chi connectivity index (χ1) is 18.6. The van der Waals surface area contributed by atoms with Gasteiger partial charge in [-0.25, -0.2) is 4.98 Å². The second-order valence-electron chi connectivity index (χ2n) is 10.8. The lowest BCUT2D eigenvalue weighted by molar-refractivity contribution is -0.158. The Bertz CT molecular complexity index is 1410. The van der Waals surface area contributed by atoms with Gasteiger partial charge in [0, 0.05) is 17.1 Å². The number of fused-ring (bicyclic) bond motifs is 1. The molecule has 2 aromatic carbocycles. The van der Waals surface area contributed by atoms with E-state index in [2.05, 4.69) is 9.88 Å². The molecule has 2 heterocycles. The SMILES string of the molecule is C[C@H](NC(=O)Cn1c(-c2cccc(Cl)c2)nc2ccc([C@H]3C[C@@H](CN4CCCCC4)C3)cc2c1=O)C(F)(F)F. The maximum Gasteiger partial charge on any atom is 0.408 e. The maximum atomic E-state index is 13.7. The Morgan fingerprint density at radius 3 is 2.56 bits per heavy atom. The fraction of sp³-hybridized carbons (Fsp3) is 0.483. The van der Waals surface area contributed by atoms with Gasteiger partial charge < -0.3 is 10.2 Å². The second kappa shape index (κ2) is 11.3. The normalized spacial score (nSPS) is 20.9. The quantitative estimate of drug-likeness (QED) is 0.399. The largest absolute Gasteiger partial charge is 0.408 e. The minimum absolute atomic E-state index is 0.169. The second-order valence-corrected chi connectivity index (χ2v) is 11.3. The lowest BCUT2D eigenvalue weighted by atomic mass is 9.71. The minimum Gasteiger partial charge on any atom is -0.343 e. The van der Waals surface area contributed by atoms with Crippen molar-refractivity contribution in [3.8, 4) is 11.4 Å². The molecule has 1 amide bonds. The van der Waals surface area contributed by atoms with Crippen molar-refractivity contribution < 1.29 is 18.0 Å². The summed E-state index contributed by atoms with van der Waals surface area (Å²) >= 11 is 6.16. The van der Waals surface area contributed by atoms with E-state index in [1.165, 1.54) is 32.4 Å². The molecule has 6 nitrogen and oxygen atoms in total. The van der Waals surface area contributed by atoms with Crippen LogP contribution < -0.4 is 10.9 Å². The summed E-state index contributed by atoms with van der Waals surface area (Å²) in [5.74, 6) is 0.230. The molecule has 1 aliphatic carbocycles. The van der Waals surface area contributed by atoms with Crippen molar-refractivity contribution in [1.29, 1.82) is 0 Å². The van der Waals surface area contributed by atoms with Gasteiger partial charge in [0.05, 0.1) is 10.9 Å². The molecule has 3 aromatic rings. The highest BCUT2D eigenvalue weighted by molar-refractivity contribution is 6.30. The Morgan fingerprint density at radius 1 is 1.13 bits per heavy atom. The van der Waals surface area contributed by atoms with Crippen LogP contribution in [0.3, 0.4) is 0 Å². The van der Waals surface area contributed by atoms with E-state index in [1.54, 1.807) is 24.3 Å². The maximum absolute atomic E-state index is 13.7. The number of piperidine rings is 1. The van der Waals surface area contributed by atoms with Crippen LogP contribution in [0.2, 0.25) is 5.02 Å². The van der Waals surface area contributed by atoms with Crippen molar-refractivity contribution in [3.05, 3.63) is 63.4 Å². The van der Waals surface area contributed by atoms with Crippen LogP contribution in [0.25, 0.3) is 22.3 Å². The third-order valence-electron chi connectivity index (χ3n) is 7.90. The summed E-state index contributed by atoms with van der Waals surface area (Å²) in [6.07, 6.45) is 1.37. The molecular weight excluding hydrogens is 529 g/mol. The van der Waals surface area contributed by atoms with E-state index >= 15 is 0 Å². The number of carbonyl (C=O) groups is 1. The van der Waals surface area contributed by atoms with Crippen LogP contribution in [0, 0.1) is 5.92 Å². The number of aromatic nitrogens is 2. The molecule has 1 saturated carbocycles. The smallest absolute Gasteiger partial charge is 0.343 e. The van der Waals surface area contributed by atoms with E-state index in [9.17, 15) is 22.8 Å². The van der Waals surface area contributed by atoms with E-state index in [4.69, 9.17) is 11.6 Å². The number of benzene rings is 2. The number of carbonyl (C=O) groups excluding carboxylic acids is 1. The number of amides is 1. The number of rotatable bonds is 7. The topological polar surface area (TPSA) is 67.2 Å². The molecule has 0 radical (unpaired) electrons. The fourth-order valence-corrected chi connectivity index (χ4v) is 5.85. The van der Waals surface area contributed by atoms with Crippen molar-refractivity contribution in [1.82, 2.24) is 19.8 Å². The molecule has 1 saturated heterocycles. The summed E-state index contributed by atoms with van der Waals surface area (Å²) in [4.78, 5) is 33.5. The van der Waals surface area contributed by atoms with E-state index in [0.29, 0.717) is 33.3 Å². The third kappa shape index (κ3) is 6.30. The average Bonchev–Trinajstić information content (AvgIpc) is 2.87. The van der Waals surface area contributed by atoms with E-state index in [1.807, 2.05) is 23.5 Å². The standard InChI is InChI=1S/C29H32ClF3N4O2/c1-18(29(31,32)33)34-26(38)17-37-27(21-6-5-7-23(30)14-21)35-25-9-8-20(15-24(25)28(37)39)22-12-19(13-22)16-36-10-3-2-4-11-36/h5-9,14-15,18-19,22H,2-4,10-13,16-17H2,1H3,(H,34,38)/t18-,19-,22+/m0/s1. The highest BCUT2D eigenvalue weighted by Crippen LogP contribution is 2.42. The Kier molecular flexibility index (Phi) is 8.01. The molecule has 0 bridgehead atoms. The molecule has 1 aliphatic heterocycles. The lowest BCUT2D eigenvalue weighted by Gasteiger charge is -2.40. The van der Waals surface area contributed by atoms with Crippen molar-refractivity contribution in [3.63, 3.8) is 0 Å². The van der Waals surface area contributed by atoms with Crippen molar-refractivity contribution in [2.45, 2.75) is 63.7 Å². The van der Waals surface area contributed by atoms with Crippen LogP contribution in [-0.2, 0) is 11.3 Å². The molecule has 10 heteroatoms. The van der Waals surface area contributed by atoms with Crippen LogP contribution in [0.4, 0.5) is 13.2 Å². The van der Waals surface area contributed by atoms with Crippen LogP contribution in [0.15, 0.2) is 47.3 Å². The highest BCUT2D eigenvalue weighted by atomic mass is 35.5. The first-order valence-electron chi connectivity index (χ1n) is 13.5. The van der Waals surface area contributed by atoms with Crippen LogP contribution >= 0.6 is 11.6 Å². The predicted octanol–water partition coefficient (Wildman–Crippen LogP) is 5.76. The number of nitrogens with zero attached hydrogens (tertiary/aromatic N) is 3. The Balaban J connectivity index is 1.43. The summed E-state index contributed by atoms with van der Waals surface area (Å²) in [7, 11) is 0. The molecule has 39 heavy (non-hydrogen) atoms. The lowest BCUT2D eigenvalue weighted by Crippen LogP contribution is -2.45. The Morgan fingerprint density at radius 2 is 1.87 bits per heavy atom. The highest BCUT2D eigenvalue weighted by Gasteiger charge is 2.37. The molecule has 2 fully saturated rings. The zero-order valence-corrected chi connectivity index (χ0v) is 22.6. The zero-order chi connectivity index (χ0) is 27.7. The first kappa shape index (κ1) is 27.6. The van der Waals surface area contributed by atoms with Crippen LogP contribution in [0.5, 0.6) is 0 Å². The Hall–Kier alpha value is -2.91. The minimum atomic E-state index is -4.60. The van der Waals surface area contributed by atoms with Crippen molar-refractivity contribution in [2.24, 2.45) is 5.92 Å². The number of hydrogen-bond donors (Lipinski definition) is 1. The summed E-state index contributed by atoms with van der Waals surface area (Å²) in [5, 5.41) is 2.69. The number of hydrogen-bond acceptors (Lipinski definition) is 4. The third-order valence-corrected chi connectivity index (χ3v) is 8.14. The number of alkyl halides is 3. The zero-order valence-electron chi connectivity index (χ0n) is 21.8. The monoisotopic (exact) mass is 560 g/mol. The van der Waals surface area contributed by atoms with Gasteiger partial charge in [0.25, 0.3) is 5.56 Å². The molecule has 0 spiro atoms. The van der Waals surface area contributed by atoms with Gasteiger partial charge in [-0.15, -0.1) is 0 Å². The molecule has 1 aromatic heterocycles. The number of nitrogens with one attached hydrogen (secondary N) is 1. The van der Waals surface area contributed by atoms with Crippen LogP contribution in [0.1, 0.15) is 50.5 Å². The van der Waals surface area contributed by atoms with Gasteiger partial charge in [-0.05, 0) is 87.4 Å². The van der Waals surface area contributed by atoms with Crippen LogP contribution in [-0.4, -0.2) is 52.2 Å². The van der Waals surface area contributed by atoms with Crippen molar-refractivity contribution >= 4 is 28.4 Å². The number of likely N-dealkylation sites (tertiary alicyclic amines) is 1. The Labute approximate surface area is 230 Å². The van der Waals surface area contributed by atoms with Crippen molar-refractivity contribution in [2.75, 3.05) is 19.6 Å². The summed E-state index contributed by atoms with van der Waals surface area (Å²) in [5.41, 5.74) is 1.52. The van der Waals surface area contributed by atoms with Gasteiger partial charge in [0.15, 0.2) is 0 Å². The molecular formula is C29H32ClF3N4O2. The molecule has 1 N–H and O–H groups in total. The van der Waals surface area contributed by atoms with E-state index < -0.39 is 30.2 Å². The molecule has 208 valence electrons. The average molecular weight is 561 g/mol. The fourth-order valence-electron chi connectivity index (χ4n) is 5.66. The predicted molar refractivity (Wildman–Crippen MR) is 146 cm³/mol. The van der Waals surface area contributed by atoms with Gasteiger partial charge in [-0.1, -0.05) is 36.2 Å². The summed E-state index contributed by atoms with van der Waals surface area (Å²) in [6, 6.07) is 10.2. The summed E-state index contributed by atoms with van der Waals surface area (Å²) in [6.45, 7) is 3.72. The summed E-state index contributed by atoms with van der Waals surface area (Å²) < 4.78 is 40.2. The van der Waals surface area contributed by atoms with E-state index in [-0.39, 0.29) is 5.82 Å². The van der Waals surface area contributed by atoms with Gasteiger partial charge >= 0.3 is 6.18 Å². The van der Waals surface area contributed by atoms with Gasteiger partial charge in [0.1, 0.15) is 18.4 Å².